The summed E-state index contributed by atoms with van der Waals surface area (Å²) < 4.78 is 20.0. The van der Waals surface area contributed by atoms with Gasteiger partial charge in [0, 0.05) is 19.7 Å². The van der Waals surface area contributed by atoms with Gasteiger partial charge in [0.1, 0.15) is 6.07 Å². The van der Waals surface area contributed by atoms with E-state index in [4.69, 9.17) is 10.00 Å². The fourth-order valence-corrected chi connectivity index (χ4v) is 2.51. The molecule has 5 heteroatoms. The lowest BCUT2D eigenvalue weighted by molar-refractivity contribution is 0.0820. The van der Waals surface area contributed by atoms with Gasteiger partial charge in [-0.2, -0.15) is 5.26 Å². The largest absolute Gasteiger partial charge is 0.377 e. The predicted molar refractivity (Wildman–Crippen MR) is 71.1 cm³/mol. The summed E-state index contributed by atoms with van der Waals surface area (Å²) in [5, 5.41) is 8.85. The van der Waals surface area contributed by atoms with E-state index < -0.39 is 0 Å². The lowest BCUT2D eigenvalue weighted by Crippen LogP contribution is -2.30. The van der Waals surface area contributed by atoms with Gasteiger partial charge in [0.25, 0.3) is 0 Å². The lowest BCUT2D eigenvalue weighted by Gasteiger charge is -2.25. The van der Waals surface area contributed by atoms with Gasteiger partial charge in [-0.25, -0.2) is 4.39 Å². The molecule has 0 amide bonds. The SMILES string of the molecule is CC1CN(c2ccc(C#N)c(Br)c2F)CCCO1. The highest BCUT2D eigenvalue weighted by atomic mass is 79.9. The zero-order chi connectivity index (χ0) is 13.1. The van der Waals surface area contributed by atoms with Gasteiger partial charge < -0.3 is 9.64 Å². The molecule has 96 valence electrons. The van der Waals surface area contributed by atoms with E-state index in [9.17, 15) is 4.39 Å². The molecule has 0 N–H and O–H groups in total. The third-order valence-electron chi connectivity index (χ3n) is 2.98. The van der Waals surface area contributed by atoms with Crippen molar-refractivity contribution in [2.75, 3.05) is 24.6 Å². The summed E-state index contributed by atoms with van der Waals surface area (Å²) in [5.41, 5.74) is 0.841. The van der Waals surface area contributed by atoms with E-state index in [1.54, 1.807) is 12.1 Å². The minimum Gasteiger partial charge on any atom is -0.377 e. The van der Waals surface area contributed by atoms with Crippen molar-refractivity contribution in [1.29, 1.82) is 5.26 Å². The van der Waals surface area contributed by atoms with E-state index in [0.717, 1.165) is 13.0 Å². The summed E-state index contributed by atoms with van der Waals surface area (Å²) in [6.07, 6.45) is 0.961. The van der Waals surface area contributed by atoms with Crippen LogP contribution in [0.15, 0.2) is 16.6 Å². The van der Waals surface area contributed by atoms with Crippen LogP contribution in [0.25, 0.3) is 0 Å². The number of nitrogens with zero attached hydrogens (tertiary/aromatic N) is 2. The van der Waals surface area contributed by atoms with Gasteiger partial charge in [0.15, 0.2) is 5.82 Å². The standard InChI is InChI=1S/C13H14BrFN2O/c1-9-8-17(5-2-6-18-9)11-4-3-10(7-16)12(14)13(11)15/h3-4,9H,2,5-6,8H2,1H3. The highest BCUT2D eigenvalue weighted by molar-refractivity contribution is 9.10. The minimum absolute atomic E-state index is 0.0846. The summed E-state index contributed by atoms with van der Waals surface area (Å²) in [7, 11) is 0. The first-order valence-corrected chi connectivity index (χ1v) is 6.67. The molecule has 3 nitrogen and oxygen atoms in total. The highest BCUT2D eigenvalue weighted by Crippen LogP contribution is 2.30. The molecule has 0 spiro atoms. The molecule has 1 atom stereocenters. The maximum absolute atomic E-state index is 14.2. The predicted octanol–water partition coefficient (Wildman–Crippen LogP) is 3.08. The van der Waals surface area contributed by atoms with Crippen molar-refractivity contribution in [1.82, 2.24) is 0 Å². The highest BCUT2D eigenvalue weighted by Gasteiger charge is 2.20. The van der Waals surface area contributed by atoms with E-state index in [0.29, 0.717) is 24.4 Å². The van der Waals surface area contributed by atoms with Crippen LogP contribution in [-0.4, -0.2) is 25.8 Å². The number of ether oxygens (including phenoxy) is 1. The minimum atomic E-state index is -0.372. The van der Waals surface area contributed by atoms with Gasteiger partial charge in [-0.15, -0.1) is 0 Å². The summed E-state index contributed by atoms with van der Waals surface area (Å²) in [6.45, 7) is 4.11. The molecular weight excluding hydrogens is 299 g/mol. The van der Waals surface area contributed by atoms with Crippen molar-refractivity contribution in [2.45, 2.75) is 19.4 Å². The molecule has 1 fully saturated rings. The number of halogens is 2. The second-order valence-electron chi connectivity index (χ2n) is 4.35. The van der Waals surface area contributed by atoms with Gasteiger partial charge in [0.05, 0.1) is 21.8 Å². The first-order valence-electron chi connectivity index (χ1n) is 5.88. The van der Waals surface area contributed by atoms with E-state index in [1.165, 1.54) is 0 Å². The molecule has 1 saturated heterocycles. The molecule has 0 aromatic heterocycles. The van der Waals surface area contributed by atoms with E-state index in [2.05, 4.69) is 15.9 Å². The number of hydrogen-bond acceptors (Lipinski definition) is 3. The number of nitriles is 1. The molecule has 18 heavy (non-hydrogen) atoms. The molecule has 2 rings (SSSR count). The first-order chi connectivity index (χ1) is 8.63. The van der Waals surface area contributed by atoms with Gasteiger partial charge in [-0.1, -0.05) is 0 Å². The first kappa shape index (κ1) is 13.3. The van der Waals surface area contributed by atoms with Crippen molar-refractivity contribution < 1.29 is 9.13 Å². The van der Waals surface area contributed by atoms with Gasteiger partial charge >= 0.3 is 0 Å². The molecule has 0 saturated carbocycles. The molecule has 1 heterocycles. The normalized spacial score (nSPS) is 20.3. The van der Waals surface area contributed by atoms with E-state index in [1.807, 2.05) is 17.9 Å². The zero-order valence-electron chi connectivity index (χ0n) is 10.1. The average Bonchev–Trinajstić information content (AvgIpc) is 2.57. The zero-order valence-corrected chi connectivity index (χ0v) is 11.7. The van der Waals surface area contributed by atoms with Crippen molar-refractivity contribution in [3.63, 3.8) is 0 Å². The van der Waals surface area contributed by atoms with Crippen LogP contribution < -0.4 is 4.90 Å². The van der Waals surface area contributed by atoms with Crippen LogP contribution in [0.3, 0.4) is 0 Å². The average molecular weight is 313 g/mol. The topological polar surface area (TPSA) is 36.3 Å². The van der Waals surface area contributed by atoms with Gasteiger partial charge in [0.2, 0.25) is 0 Å². The second-order valence-corrected chi connectivity index (χ2v) is 5.15. The Labute approximate surface area is 114 Å². The molecule has 0 aliphatic carbocycles. The fourth-order valence-electron chi connectivity index (χ4n) is 2.08. The van der Waals surface area contributed by atoms with Crippen molar-refractivity contribution in [3.8, 4) is 6.07 Å². The Morgan fingerprint density at radius 2 is 2.33 bits per heavy atom. The number of anilines is 1. The fraction of sp³-hybridized carbons (Fsp3) is 0.462. The molecule has 1 unspecified atom stereocenters. The lowest BCUT2D eigenvalue weighted by atomic mass is 10.2. The summed E-state index contributed by atoms with van der Waals surface area (Å²) >= 11 is 3.14. The maximum Gasteiger partial charge on any atom is 0.161 e. The monoisotopic (exact) mass is 312 g/mol. The Morgan fingerprint density at radius 1 is 1.56 bits per heavy atom. The van der Waals surface area contributed by atoms with Crippen molar-refractivity contribution in [3.05, 3.63) is 28.0 Å². The van der Waals surface area contributed by atoms with Crippen LogP contribution in [0.2, 0.25) is 0 Å². The molecule has 1 aromatic carbocycles. The molecule has 1 aliphatic rings. The van der Waals surface area contributed by atoms with Crippen LogP contribution in [0.4, 0.5) is 10.1 Å². The van der Waals surface area contributed by atoms with Gasteiger partial charge in [-0.05, 0) is 41.4 Å². The molecule has 1 aliphatic heterocycles. The third kappa shape index (κ3) is 2.65. The number of benzene rings is 1. The molecular formula is C13H14BrFN2O. The van der Waals surface area contributed by atoms with Gasteiger partial charge in [-0.3, -0.25) is 0 Å². The van der Waals surface area contributed by atoms with Crippen molar-refractivity contribution >= 4 is 21.6 Å². The molecule has 0 radical (unpaired) electrons. The summed E-state index contributed by atoms with van der Waals surface area (Å²) in [5.74, 6) is -0.372. The second kappa shape index (κ2) is 5.68. The smallest absolute Gasteiger partial charge is 0.161 e. The van der Waals surface area contributed by atoms with Crippen LogP contribution in [0.5, 0.6) is 0 Å². The van der Waals surface area contributed by atoms with Crippen LogP contribution in [0, 0.1) is 17.1 Å². The third-order valence-corrected chi connectivity index (χ3v) is 3.75. The summed E-state index contributed by atoms with van der Waals surface area (Å²) in [4.78, 5) is 1.97. The number of hydrogen-bond donors (Lipinski definition) is 0. The molecule has 0 bridgehead atoms. The Hall–Kier alpha value is -1.12. The Morgan fingerprint density at radius 3 is 3.06 bits per heavy atom. The maximum atomic E-state index is 14.2. The van der Waals surface area contributed by atoms with Crippen LogP contribution in [0.1, 0.15) is 18.9 Å². The van der Waals surface area contributed by atoms with E-state index >= 15 is 0 Å². The summed E-state index contributed by atoms with van der Waals surface area (Å²) in [6, 6.07) is 5.26. The Bertz CT molecular complexity index is 487. The molecule has 1 aromatic rings. The Balaban J connectivity index is 2.33. The van der Waals surface area contributed by atoms with Crippen molar-refractivity contribution in [2.24, 2.45) is 0 Å². The Kier molecular flexibility index (Phi) is 4.20. The number of rotatable bonds is 1. The van der Waals surface area contributed by atoms with Crippen LogP contribution in [-0.2, 0) is 4.74 Å². The quantitative estimate of drug-likeness (QED) is 0.799. The van der Waals surface area contributed by atoms with Crippen LogP contribution >= 0.6 is 15.9 Å². The van der Waals surface area contributed by atoms with E-state index in [-0.39, 0.29) is 16.4 Å².